The van der Waals surface area contributed by atoms with Gasteiger partial charge in [0.1, 0.15) is 6.10 Å². The van der Waals surface area contributed by atoms with Crippen LogP contribution in [0.5, 0.6) is 0 Å². The first kappa shape index (κ1) is 10.4. The molecule has 1 aromatic carbocycles. The SMILES string of the molecule is CC(O)C(=O)Cc1ccccc1Br. The van der Waals surface area contributed by atoms with Crippen molar-refractivity contribution in [2.45, 2.75) is 19.4 Å². The van der Waals surface area contributed by atoms with Gasteiger partial charge in [0.05, 0.1) is 0 Å². The predicted octanol–water partition coefficient (Wildman–Crippen LogP) is 1.94. The maximum absolute atomic E-state index is 11.2. The van der Waals surface area contributed by atoms with E-state index in [-0.39, 0.29) is 12.2 Å². The van der Waals surface area contributed by atoms with E-state index in [1.54, 1.807) is 0 Å². The van der Waals surface area contributed by atoms with Crippen LogP contribution in [0.2, 0.25) is 0 Å². The third-order valence-electron chi connectivity index (χ3n) is 1.79. The normalized spacial score (nSPS) is 12.5. The summed E-state index contributed by atoms with van der Waals surface area (Å²) < 4.78 is 0.906. The van der Waals surface area contributed by atoms with Gasteiger partial charge in [-0.2, -0.15) is 0 Å². The maximum atomic E-state index is 11.2. The van der Waals surface area contributed by atoms with Crippen LogP contribution in [0.1, 0.15) is 12.5 Å². The van der Waals surface area contributed by atoms with Gasteiger partial charge in [0.2, 0.25) is 0 Å². The van der Waals surface area contributed by atoms with E-state index in [1.165, 1.54) is 6.92 Å². The molecule has 0 aromatic heterocycles. The minimum atomic E-state index is -0.882. The lowest BCUT2D eigenvalue weighted by Gasteiger charge is -2.04. The van der Waals surface area contributed by atoms with Crippen molar-refractivity contribution in [3.8, 4) is 0 Å². The summed E-state index contributed by atoms with van der Waals surface area (Å²) in [6.45, 7) is 1.49. The quantitative estimate of drug-likeness (QED) is 0.880. The van der Waals surface area contributed by atoms with Gasteiger partial charge in [-0.15, -0.1) is 0 Å². The number of benzene rings is 1. The number of carbonyl (C=O) groups is 1. The molecule has 0 aliphatic heterocycles. The molecule has 0 spiro atoms. The largest absolute Gasteiger partial charge is 0.386 e. The minimum Gasteiger partial charge on any atom is -0.386 e. The van der Waals surface area contributed by atoms with E-state index in [0.717, 1.165) is 10.0 Å². The smallest absolute Gasteiger partial charge is 0.165 e. The molecule has 1 atom stereocenters. The molecule has 1 rings (SSSR count). The van der Waals surface area contributed by atoms with Gasteiger partial charge in [-0.1, -0.05) is 34.1 Å². The fourth-order valence-corrected chi connectivity index (χ4v) is 1.40. The summed E-state index contributed by atoms with van der Waals surface area (Å²) in [6.07, 6.45) is -0.605. The Labute approximate surface area is 85.7 Å². The number of ketones is 1. The Balaban J connectivity index is 2.75. The highest BCUT2D eigenvalue weighted by Crippen LogP contribution is 2.16. The fourth-order valence-electron chi connectivity index (χ4n) is 0.977. The Hall–Kier alpha value is -0.670. The molecule has 0 saturated heterocycles. The highest BCUT2D eigenvalue weighted by Gasteiger charge is 2.10. The fraction of sp³-hybridized carbons (Fsp3) is 0.300. The van der Waals surface area contributed by atoms with Gasteiger partial charge in [-0.25, -0.2) is 0 Å². The van der Waals surface area contributed by atoms with E-state index < -0.39 is 6.10 Å². The lowest BCUT2D eigenvalue weighted by atomic mass is 10.1. The molecule has 13 heavy (non-hydrogen) atoms. The van der Waals surface area contributed by atoms with E-state index in [0.29, 0.717) is 0 Å². The number of aliphatic hydroxyl groups is 1. The second-order valence-electron chi connectivity index (χ2n) is 2.91. The summed E-state index contributed by atoms with van der Waals surface area (Å²) in [4.78, 5) is 11.2. The molecule has 1 unspecified atom stereocenters. The zero-order chi connectivity index (χ0) is 9.84. The van der Waals surface area contributed by atoms with Crippen LogP contribution in [-0.2, 0) is 11.2 Å². The number of hydrogen-bond donors (Lipinski definition) is 1. The van der Waals surface area contributed by atoms with Crippen molar-refractivity contribution in [1.29, 1.82) is 0 Å². The molecule has 0 fully saturated rings. The molecule has 2 nitrogen and oxygen atoms in total. The molecule has 3 heteroatoms. The molecule has 1 N–H and O–H groups in total. The van der Waals surface area contributed by atoms with Crippen LogP contribution in [0.15, 0.2) is 28.7 Å². The standard InChI is InChI=1S/C10H11BrO2/c1-7(12)10(13)6-8-4-2-3-5-9(8)11/h2-5,7,12H,6H2,1H3. The van der Waals surface area contributed by atoms with E-state index in [4.69, 9.17) is 5.11 Å². The second kappa shape index (κ2) is 4.53. The first-order valence-corrected chi connectivity index (χ1v) is 4.84. The number of rotatable bonds is 3. The van der Waals surface area contributed by atoms with Gasteiger partial charge in [-0.05, 0) is 18.6 Å². The van der Waals surface area contributed by atoms with Crippen molar-refractivity contribution in [3.05, 3.63) is 34.3 Å². The van der Waals surface area contributed by atoms with Gasteiger partial charge in [0.25, 0.3) is 0 Å². The molecule has 0 aliphatic carbocycles. The molecule has 0 amide bonds. The zero-order valence-corrected chi connectivity index (χ0v) is 8.91. The second-order valence-corrected chi connectivity index (χ2v) is 3.76. The molecule has 70 valence electrons. The van der Waals surface area contributed by atoms with Crippen molar-refractivity contribution in [1.82, 2.24) is 0 Å². The Morgan fingerprint density at radius 1 is 1.54 bits per heavy atom. The maximum Gasteiger partial charge on any atom is 0.165 e. The van der Waals surface area contributed by atoms with Crippen LogP contribution in [0.25, 0.3) is 0 Å². The Morgan fingerprint density at radius 3 is 2.69 bits per heavy atom. The zero-order valence-electron chi connectivity index (χ0n) is 7.33. The van der Waals surface area contributed by atoms with Crippen LogP contribution >= 0.6 is 15.9 Å². The van der Waals surface area contributed by atoms with Crippen LogP contribution in [0, 0.1) is 0 Å². The summed E-state index contributed by atoms with van der Waals surface area (Å²) in [5.41, 5.74) is 0.911. The van der Waals surface area contributed by atoms with Crippen molar-refractivity contribution in [3.63, 3.8) is 0 Å². The number of carbonyl (C=O) groups excluding carboxylic acids is 1. The van der Waals surface area contributed by atoms with Gasteiger partial charge in [0, 0.05) is 10.9 Å². The molecular weight excluding hydrogens is 232 g/mol. The summed E-state index contributed by atoms with van der Waals surface area (Å²) in [5, 5.41) is 9.01. The third kappa shape index (κ3) is 2.94. The Morgan fingerprint density at radius 2 is 2.15 bits per heavy atom. The van der Waals surface area contributed by atoms with Crippen LogP contribution in [-0.4, -0.2) is 17.0 Å². The van der Waals surface area contributed by atoms with Crippen molar-refractivity contribution in [2.75, 3.05) is 0 Å². The molecule has 0 heterocycles. The topological polar surface area (TPSA) is 37.3 Å². The molecular formula is C10H11BrO2. The van der Waals surface area contributed by atoms with Gasteiger partial charge in [-0.3, -0.25) is 4.79 Å². The van der Waals surface area contributed by atoms with Gasteiger partial charge in [0.15, 0.2) is 5.78 Å². The highest BCUT2D eigenvalue weighted by molar-refractivity contribution is 9.10. The van der Waals surface area contributed by atoms with Crippen molar-refractivity contribution >= 4 is 21.7 Å². The Bertz CT molecular complexity index is 308. The van der Waals surface area contributed by atoms with E-state index in [2.05, 4.69) is 15.9 Å². The number of halogens is 1. The molecule has 0 aliphatic rings. The summed E-state index contributed by atoms with van der Waals surface area (Å²) >= 11 is 3.34. The molecule has 1 aromatic rings. The predicted molar refractivity (Wildman–Crippen MR) is 54.5 cm³/mol. The van der Waals surface area contributed by atoms with Gasteiger partial charge >= 0.3 is 0 Å². The Kier molecular flexibility index (Phi) is 3.63. The summed E-state index contributed by atoms with van der Waals surface area (Å²) in [6, 6.07) is 7.50. The molecule has 0 radical (unpaired) electrons. The van der Waals surface area contributed by atoms with Crippen molar-refractivity contribution in [2.24, 2.45) is 0 Å². The first-order valence-electron chi connectivity index (χ1n) is 4.05. The van der Waals surface area contributed by atoms with Gasteiger partial charge < -0.3 is 5.11 Å². The molecule has 0 bridgehead atoms. The first-order chi connectivity index (χ1) is 6.11. The average molecular weight is 243 g/mol. The lowest BCUT2D eigenvalue weighted by Crippen LogP contribution is -2.18. The summed E-state index contributed by atoms with van der Waals surface area (Å²) in [7, 11) is 0. The lowest BCUT2D eigenvalue weighted by molar-refractivity contribution is -0.125. The van der Waals surface area contributed by atoms with E-state index >= 15 is 0 Å². The highest BCUT2D eigenvalue weighted by atomic mass is 79.9. The van der Waals surface area contributed by atoms with E-state index in [1.807, 2.05) is 24.3 Å². The van der Waals surface area contributed by atoms with Crippen LogP contribution in [0.4, 0.5) is 0 Å². The van der Waals surface area contributed by atoms with Crippen LogP contribution < -0.4 is 0 Å². The number of Topliss-reactive ketones (excluding diaryl/α,β-unsaturated/α-hetero) is 1. The number of hydrogen-bond acceptors (Lipinski definition) is 2. The number of aliphatic hydroxyl groups excluding tert-OH is 1. The monoisotopic (exact) mass is 242 g/mol. The minimum absolute atomic E-state index is 0.160. The van der Waals surface area contributed by atoms with E-state index in [9.17, 15) is 4.79 Å². The molecule has 0 saturated carbocycles. The summed E-state index contributed by atoms with van der Waals surface area (Å²) in [5.74, 6) is -0.160. The average Bonchev–Trinajstić information content (AvgIpc) is 2.08. The van der Waals surface area contributed by atoms with Crippen molar-refractivity contribution < 1.29 is 9.90 Å². The third-order valence-corrected chi connectivity index (χ3v) is 2.56. The van der Waals surface area contributed by atoms with Crippen LogP contribution in [0.3, 0.4) is 0 Å².